The average molecular weight is 256 g/mol. The van der Waals surface area contributed by atoms with Crippen LogP contribution in [0.2, 0.25) is 0 Å². The number of carbonyl (C=O) groups excluding carboxylic acids is 2. The summed E-state index contributed by atoms with van der Waals surface area (Å²) in [6.07, 6.45) is 1.88. The van der Waals surface area contributed by atoms with E-state index in [1.54, 1.807) is 23.9 Å². The van der Waals surface area contributed by atoms with Crippen molar-refractivity contribution in [3.05, 3.63) is 0 Å². The standard InChI is InChI=1S/C13H24N2O3/c1-13(2,3)18-12(17)15-8-6-7-10(15)9-11(16)14(4)5/h10H,6-9H2,1-5H3. The van der Waals surface area contributed by atoms with Crippen molar-refractivity contribution in [2.75, 3.05) is 20.6 Å². The topological polar surface area (TPSA) is 49.9 Å². The molecule has 0 aliphatic carbocycles. The van der Waals surface area contributed by atoms with E-state index in [0.717, 1.165) is 12.8 Å². The van der Waals surface area contributed by atoms with Gasteiger partial charge in [-0.05, 0) is 33.6 Å². The second-order valence-electron chi connectivity index (χ2n) is 5.96. The Hall–Kier alpha value is -1.26. The van der Waals surface area contributed by atoms with Crippen molar-refractivity contribution in [2.45, 2.75) is 51.7 Å². The van der Waals surface area contributed by atoms with Gasteiger partial charge in [0.2, 0.25) is 5.91 Å². The number of carbonyl (C=O) groups is 2. The van der Waals surface area contributed by atoms with Crippen LogP contribution in [0.25, 0.3) is 0 Å². The van der Waals surface area contributed by atoms with E-state index >= 15 is 0 Å². The third-order valence-corrected chi connectivity index (χ3v) is 2.91. The zero-order valence-corrected chi connectivity index (χ0v) is 12.0. The van der Waals surface area contributed by atoms with E-state index < -0.39 is 5.60 Å². The Morgan fingerprint density at radius 3 is 2.44 bits per heavy atom. The maximum absolute atomic E-state index is 12.0. The number of likely N-dealkylation sites (tertiary alicyclic amines) is 1. The second-order valence-corrected chi connectivity index (χ2v) is 5.96. The van der Waals surface area contributed by atoms with Crippen molar-refractivity contribution in [3.8, 4) is 0 Å². The minimum atomic E-state index is -0.490. The molecule has 1 unspecified atom stereocenters. The zero-order valence-electron chi connectivity index (χ0n) is 12.0. The Balaban J connectivity index is 2.59. The Bertz CT molecular complexity index is 321. The summed E-state index contributed by atoms with van der Waals surface area (Å²) in [5.74, 6) is 0.0514. The summed E-state index contributed by atoms with van der Waals surface area (Å²) in [5, 5.41) is 0. The van der Waals surface area contributed by atoms with Crippen LogP contribution < -0.4 is 0 Å². The third kappa shape index (κ3) is 4.20. The fourth-order valence-corrected chi connectivity index (χ4v) is 1.99. The van der Waals surface area contributed by atoms with Crippen LogP contribution >= 0.6 is 0 Å². The molecule has 0 bridgehead atoms. The highest BCUT2D eigenvalue weighted by molar-refractivity contribution is 5.77. The third-order valence-electron chi connectivity index (χ3n) is 2.91. The van der Waals surface area contributed by atoms with Gasteiger partial charge >= 0.3 is 6.09 Å². The van der Waals surface area contributed by atoms with E-state index in [-0.39, 0.29) is 18.0 Å². The molecule has 0 aromatic carbocycles. The summed E-state index contributed by atoms with van der Waals surface area (Å²) in [6, 6.07) is -0.0188. The highest BCUT2D eigenvalue weighted by atomic mass is 16.6. The first-order valence-corrected chi connectivity index (χ1v) is 6.40. The predicted molar refractivity (Wildman–Crippen MR) is 69.3 cm³/mol. The van der Waals surface area contributed by atoms with Crippen LogP contribution in [0, 0.1) is 0 Å². The van der Waals surface area contributed by atoms with Gasteiger partial charge in [0.1, 0.15) is 5.60 Å². The SMILES string of the molecule is CN(C)C(=O)CC1CCCN1C(=O)OC(C)(C)C. The van der Waals surface area contributed by atoms with Gasteiger partial charge in [-0.1, -0.05) is 0 Å². The highest BCUT2D eigenvalue weighted by Gasteiger charge is 2.33. The summed E-state index contributed by atoms with van der Waals surface area (Å²) in [5.41, 5.74) is -0.490. The minimum absolute atomic E-state index is 0.0188. The molecule has 1 fully saturated rings. The van der Waals surface area contributed by atoms with Crippen LogP contribution in [0.1, 0.15) is 40.0 Å². The summed E-state index contributed by atoms with van der Waals surface area (Å²) in [6.45, 7) is 6.23. The molecule has 0 N–H and O–H groups in total. The normalized spacial score (nSPS) is 19.8. The summed E-state index contributed by atoms with van der Waals surface area (Å²) >= 11 is 0. The lowest BCUT2D eigenvalue weighted by Gasteiger charge is -2.28. The Morgan fingerprint density at radius 2 is 1.94 bits per heavy atom. The van der Waals surface area contributed by atoms with Gasteiger partial charge in [-0.3, -0.25) is 4.79 Å². The number of amides is 2. The molecule has 104 valence electrons. The molecule has 1 rings (SSSR count). The van der Waals surface area contributed by atoms with Gasteiger partial charge in [-0.15, -0.1) is 0 Å². The molecule has 0 aromatic heterocycles. The van der Waals surface area contributed by atoms with Crippen molar-refractivity contribution >= 4 is 12.0 Å². The summed E-state index contributed by atoms with van der Waals surface area (Å²) < 4.78 is 5.36. The molecule has 0 saturated carbocycles. The quantitative estimate of drug-likeness (QED) is 0.757. The van der Waals surface area contributed by atoms with Crippen LogP contribution in [0.4, 0.5) is 4.79 Å². The van der Waals surface area contributed by atoms with Gasteiger partial charge in [0.15, 0.2) is 0 Å². The molecular weight excluding hydrogens is 232 g/mol. The van der Waals surface area contributed by atoms with Crippen molar-refractivity contribution in [1.82, 2.24) is 9.80 Å². The summed E-state index contributed by atoms with van der Waals surface area (Å²) in [7, 11) is 3.46. The van der Waals surface area contributed by atoms with Gasteiger partial charge in [0.25, 0.3) is 0 Å². The molecule has 1 aliphatic heterocycles. The van der Waals surface area contributed by atoms with Crippen LogP contribution in [-0.4, -0.2) is 54.1 Å². The molecule has 0 aromatic rings. The molecule has 1 atom stereocenters. The first kappa shape index (κ1) is 14.8. The van der Waals surface area contributed by atoms with E-state index in [1.165, 1.54) is 0 Å². The van der Waals surface area contributed by atoms with Crippen LogP contribution in [-0.2, 0) is 9.53 Å². The predicted octanol–water partition coefficient (Wildman–Crippen LogP) is 1.86. The zero-order chi connectivity index (χ0) is 13.9. The average Bonchev–Trinajstić information content (AvgIpc) is 2.62. The monoisotopic (exact) mass is 256 g/mol. The Kier molecular flexibility index (Phi) is 4.59. The second kappa shape index (κ2) is 5.59. The van der Waals surface area contributed by atoms with E-state index in [0.29, 0.717) is 13.0 Å². The van der Waals surface area contributed by atoms with E-state index in [9.17, 15) is 9.59 Å². The molecule has 1 aliphatic rings. The molecule has 5 heteroatoms. The maximum atomic E-state index is 12.0. The minimum Gasteiger partial charge on any atom is -0.444 e. The Labute approximate surface area is 109 Å². The van der Waals surface area contributed by atoms with E-state index in [2.05, 4.69) is 0 Å². The van der Waals surface area contributed by atoms with Gasteiger partial charge in [-0.2, -0.15) is 0 Å². The molecule has 2 amide bonds. The number of ether oxygens (including phenoxy) is 1. The van der Waals surface area contributed by atoms with Crippen molar-refractivity contribution in [3.63, 3.8) is 0 Å². The van der Waals surface area contributed by atoms with Gasteiger partial charge in [0.05, 0.1) is 0 Å². The van der Waals surface area contributed by atoms with Gasteiger partial charge < -0.3 is 14.5 Å². The molecule has 18 heavy (non-hydrogen) atoms. The molecule has 0 radical (unpaired) electrons. The van der Waals surface area contributed by atoms with Crippen LogP contribution in [0.15, 0.2) is 0 Å². The highest BCUT2D eigenvalue weighted by Crippen LogP contribution is 2.23. The lowest BCUT2D eigenvalue weighted by atomic mass is 10.1. The lowest BCUT2D eigenvalue weighted by molar-refractivity contribution is -0.129. The van der Waals surface area contributed by atoms with Crippen LogP contribution in [0.3, 0.4) is 0 Å². The molecular formula is C13H24N2O3. The van der Waals surface area contributed by atoms with Crippen LogP contribution in [0.5, 0.6) is 0 Å². The number of nitrogens with zero attached hydrogens (tertiary/aromatic N) is 2. The molecule has 1 heterocycles. The number of hydrogen-bond donors (Lipinski definition) is 0. The lowest BCUT2D eigenvalue weighted by Crippen LogP contribution is -2.41. The Morgan fingerprint density at radius 1 is 1.33 bits per heavy atom. The van der Waals surface area contributed by atoms with E-state index in [4.69, 9.17) is 4.74 Å². The van der Waals surface area contributed by atoms with E-state index in [1.807, 2.05) is 20.8 Å². The fourth-order valence-electron chi connectivity index (χ4n) is 1.99. The van der Waals surface area contributed by atoms with Gasteiger partial charge in [0, 0.05) is 33.1 Å². The fraction of sp³-hybridized carbons (Fsp3) is 0.846. The largest absolute Gasteiger partial charge is 0.444 e. The molecule has 1 saturated heterocycles. The summed E-state index contributed by atoms with van der Waals surface area (Å²) in [4.78, 5) is 26.9. The molecule has 0 spiro atoms. The van der Waals surface area contributed by atoms with Crippen molar-refractivity contribution < 1.29 is 14.3 Å². The maximum Gasteiger partial charge on any atom is 0.410 e. The number of hydrogen-bond acceptors (Lipinski definition) is 3. The first-order chi connectivity index (χ1) is 8.20. The van der Waals surface area contributed by atoms with Gasteiger partial charge in [-0.25, -0.2) is 4.79 Å². The smallest absolute Gasteiger partial charge is 0.410 e. The number of rotatable bonds is 2. The first-order valence-electron chi connectivity index (χ1n) is 6.40. The molecule has 5 nitrogen and oxygen atoms in total. The van der Waals surface area contributed by atoms with Crippen molar-refractivity contribution in [1.29, 1.82) is 0 Å². The van der Waals surface area contributed by atoms with Crippen molar-refractivity contribution in [2.24, 2.45) is 0 Å².